The van der Waals surface area contributed by atoms with Crippen LogP contribution in [-0.4, -0.2) is 18.4 Å². The van der Waals surface area contributed by atoms with Gasteiger partial charge in [0, 0.05) is 5.56 Å². The molecule has 0 fully saturated rings. The number of ether oxygens (including phenoxy) is 1. The zero-order chi connectivity index (χ0) is 12.1. The van der Waals surface area contributed by atoms with Gasteiger partial charge in [-0.05, 0) is 38.1 Å². The molecule has 1 aromatic rings. The minimum atomic E-state index is -0.856. The van der Waals surface area contributed by atoms with Crippen LogP contribution in [0.5, 0.6) is 0 Å². The molecule has 0 aliphatic carbocycles. The molecule has 86 valence electrons. The van der Waals surface area contributed by atoms with Crippen LogP contribution in [0.4, 0.5) is 4.39 Å². The van der Waals surface area contributed by atoms with Crippen LogP contribution in [0.25, 0.3) is 0 Å². The van der Waals surface area contributed by atoms with E-state index in [-0.39, 0.29) is 12.4 Å². The normalized spacial score (nSPS) is 11.9. The highest BCUT2D eigenvalue weighted by atomic mass is 19.1. The third-order valence-electron chi connectivity index (χ3n) is 2.16. The SMILES string of the molecule is CCOC(=O)[C@@H](C)C(=O)c1ccc(F)cc1. The van der Waals surface area contributed by atoms with E-state index < -0.39 is 17.7 Å². The van der Waals surface area contributed by atoms with Crippen LogP contribution in [0.2, 0.25) is 0 Å². The minimum Gasteiger partial charge on any atom is -0.465 e. The average molecular weight is 224 g/mol. The number of hydrogen-bond acceptors (Lipinski definition) is 3. The molecule has 0 saturated heterocycles. The lowest BCUT2D eigenvalue weighted by Gasteiger charge is -2.09. The molecule has 1 aromatic carbocycles. The topological polar surface area (TPSA) is 43.4 Å². The predicted octanol–water partition coefficient (Wildman–Crippen LogP) is 2.21. The first kappa shape index (κ1) is 12.4. The Morgan fingerprint density at radius 1 is 1.31 bits per heavy atom. The summed E-state index contributed by atoms with van der Waals surface area (Å²) in [4.78, 5) is 23.1. The Morgan fingerprint density at radius 2 is 1.88 bits per heavy atom. The highest BCUT2D eigenvalue weighted by molar-refractivity contribution is 6.08. The molecule has 0 aliphatic heterocycles. The maximum Gasteiger partial charge on any atom is 0.316 e. The molecule has 0 N–H and O–H groups in total. The predicted molar refractivity (Wildman–Crippen MR) is 56.5 cm³/mol. The smallest absolute Gasteiger partial charge is 0.316 e. The Hall–Kier alpha value is -1.71. The van der Waals surface area contributed by atoms with E-state index >= 15 is 0 Å². The maximum absolute atomic E-state index is 12.6. The average Bonchev–Trinajstić information content (AvgIpc) is 2.28. The summed E-state index contributed by atoms with van der Waals surface area (Å²) in [6.45, 7) is 3.39. The van der Waals surface area contributed by atoms with Gasteiger partial charge in [0.15, 0.2) is 5.78 Å². The molecular formula is C12H13FO3. The van der Waals surface area contributed by atoms with E-state index in [2.05, 4.69) is 0 Å². The molecule has 0 radical (unpaired) electrons. The second kappa shape index (κ2) is 5.39. The van der Waals surface area contributed by atoms with E-state index in [4.69, 9.17) is 4.74 Å². The van der Waals surface area contributed by atoms with Gasteiger partial charge in [0.1, 0.15) is 11.7 Å². The number of carbonyl (C=O) groups excluding carboxylic acids is 2. The van der Waals surface area contributed by atoms with Crippen molar-refractivity contribution in [3.63, 3.8) is 0 Å². The van der Waals surface area contributed by atoms with Crippen molar-refractivity contribution in [1.82, 2.24) is 0 Å². The lowest BCUT2D eigenvalue weighted by atomic mass is 9.99. The Bertz CT molecular complexity index is 384. The highest BCUT2D eigenvalue weighted by Crippen LogP contribution is 2.11. The minimum absolute atomic E-state index is 0.236. The monoisotopic (exact) mass is 224 g/mol. The van der Waals surface area contributed by atoms with Gasteiger partial charge in [-0.25, -0.2) is 4.39 Å². The first-order valence-electron chi connectivity index (χ1n) is 5.02. The first-order valence-corrected chi connectivity index (χ1v) is 5.02. The molecular weight excluding hydrogens is 211 g/mol. The van der Waals surface area contributed by atoms with Crippen LogP contribution in [0, 0.1) is 11.7 Å². The van der Waals surface area contributed by atoms with Crippen LogP contribution in [-0.2, 0) is 9.53 Å². The second-order valence-electron chi connectivity index (χ2n) is 3.34. The van der Waals surface area contributed by atoms with Gasteiger partial charge in [-0.2, -0.15) is 0 Å². The van der Waals surface area contributed by atoms with Crippen LogP contribution in [0.1, 0.15) is 24.2 Å². The summed E-state index contributed by atoms with van der Waals surface area (Å²) in [6.07, 6.45) is 0. The van der Waals surface area contributed by atoms with E-state index in [0.717, 1.165) is 0 Å². The lowest BCUT2D eigenvalue weighted by molar-refractivity contribution is -0.145. The molecule has 3 nitrogen and oxygen atoms in total. The standard InChI is InChI=1S/C12H13FO3/c1-3-16-12(15)8(2)11(14)9-4-6-10(13)7-5-9/h4-8H,3H2,1-2H3/t8-/m0/s1. The Morgan fingerprint density at radius 3 is 2.38 bits per heavy atom. The molecule has 0 saturated carbocycles. The van der Waals surface area contributed by atoms with Crippen LogP contribution < -0.4 is 0 Å². The van der Waals surface area contributed by atoms with Crippen molar-refractivity contribution in [1.29, 1.82) is 0 Å². The molecule has 16 heavy (non-hydrogen) atoms. The van der Waals surface area contributed by atoms with Gasteiger partial charge in [-0.1, -0.05) is 0 Å². The van der Waals surface area contributed by atoms with Gasteiger partial charge >= 0.3 is 5.97 Å². The lowest BCUT2D eigenvalue weighted by Crippen LogP contribution is -2.23. The molecule has 0 aliphatic rings. The summed E-state index contributed by atoms with van der Waals surface area (Å²) in [7, 11) is 0. The molecule has 1 atom stereocenters. The number of ketones is 1. The summed E-state index contributed by atoms with van der Waals surface area (Å²) in [5.74, 6) is -2.19. The van der Waals surface area contributed by atoms with E-state index in [9.17, 15) is 14.0 Å². The zero-order valence-electron chi connectivity index (χ0n) is 9.20. The van der Waals surface area contributed by atoms with Gasteiger partial charge in [0.25, 0.3) is 0 Å². The fraction of sp³-hybridized carbons (Fsp3) is 0.333. The highest BCUT2D eigenvalue weighted by Gasteiger charge is 2.23. The van der Waals surface area contributed by atoms with Crippen LogP contribution in [0.3, 0.4) is 0 Å². The van der Waals surface area contributed by atoms with Crippen molar-refractivity contribution in [3.05, 3.63) is 35.6 Å². The van der Waals surface area contributed by atoms with Crippen molar-refractivity contribution in [2.45, 2.75) is 13.8 Å². The summed E-state index contributed by atoms with van der Waals surface area (Å²) in [5.41, 5.74) is 0.307. The first-order chi connectivity index (χ1) is 7.56. The van der Waals surface area contributed by atoms with Gasteiger partial charge in [0.2, 0.25) is 0 Å². The molecule has 0 aromatic heterocycles. The third-order valence-corrected chi connectivity index (χ3v) is 2.16. The number of carbonyl (C=O) groups is 2. The maximum atomic E-state index is 12.6. The fourth-order valence-corrected chi connectivity index (χ4v) is 1.24. The fourth-order valence-electron chi connectivity index (χ4n) is 1.24. The van der Waals surface area contributed by atoms with Crippen molar-refractivity contribution in [3.8, 4) is 0 Å². The van der Waals surface area contributed by atoms with Crippen LogP contribution in [0.15, 0.2) is 24.3 Å². The van der Waals surface area contributed by atoms with E-state index in [1.165, 1.54) is 31.2 Å². The largest absolute Gasteiger partial charge is 0.465 e. The van der Waals surface area contributed by atoms with Crippen molar-refractivity contribution in [2.24, 2.45) is 5.92 Å². The third kappa shape index (κ3) is 2.89. The molecule has 1 rings (SSSR count). The van der Waals surface area contributed by atoms with E-state index in [1.807, 2.05) is 0 Å². The molecule has 0 heterocycles. The number of rotatable bonds is 4. The number of esters is 1. The Kier molecular flexibility index (Phi) is 4.17. The molecule has 0 amide bonds. The Labute approximate surface area is 93.2 Å². The number of benzene rings is 1. The van der Waals surface area contributed by atoms with E-state index in [1.54, 1.807) is 6.92 Å². The van der Waals surface area contributed by atoms with Crippen molar-refractivity contribution in [2.75, 3.05) is 6.61 Å². The second-order valence-corrected chi connectivity index (χ2v) is 3.34. The molecule has 0 bridgehead atoms. The van der Waals surface area contributed by atoms with Crippen LogP contribution >= 0.6 is 0 Å². The van der Waals surface area contributed by atoms with E-state index in [0.29, 0.717) is 5.56 Å². The van der Waals surface area contributed by atoms with Gasteiger partial charge in [-0.3, -0.25) is 9.59 Å². The number of halogens is 1. The zero-order valence-corrected chi connectivity index (χ0v) is 9.20. The van der Waals surface area contributed by atoms with Crippen molar-refractivity contribution >= 4 is 11.8 Å². The van der Waals surface area contributed by atoms with Crippen molar-refractivity contribution < 1.29 is 18.7 Å². The summed E-state index contributed by atoms with van der Waals surface area (Å²) < 4.78 is 17.4. The van der Waals surface area contributed by atoms with Gasteiger partial charge in [0.05, 0.1) is 6.61 Å². The van der Waals surface area contributed by atoms with Gasteiger partial charge < -0.3 is 4.74 Å². The Balaban J connectivity index is 2.78. The summed E-state index contributed by atoms with van der Waals surface area (Å²) >= 11 is 0. The number of hydrogen-bond donors (Lipinski definition) is 0. The molecule has 4 heteroatoms. The van der Waals surface area contributed by atoms with Gasteiger partial charge in [-0.15, -0.1) is 0 Å². The molecule has 0 spiro atoms. The summed E-state index contributed by atoms with van der Waals surface area (Å²) in [5, 5.41) is 0. The summed E-state index contributed by atoms with van der Waals surface area (Å²) in [6, 6.07) is 5.08. The molecule has 0 unspecified atom stereocenters. The quantitative estimate of drug-likeness (QED) is 0.447. The number of Topliss-reactive ketones (excluding diaryl/α,β-unsaturated/α-hetero) is 1.